The molecule has 2 N–H and O–H groups in total. The molecule has 1 amide bonds. The van der Waals surface area contributed by atoms with Crippen LogP contribution in [0.25, 0.3) is 0 Å². The van der Waals surface area contributed by atoms with E-state index >= 15 is 0 Å². The number of pyridine rings is 1. The van der Waals surface area contributed by atoms with Crippen LogP contribution in [0.5, 0.6) is 0 Å². The summed E-state index contributed by atoms with van der Waals surface area (Å²) in [7, 11) is 0. The summed E-state index contributed by atoms with van der Waals surface area (Å²) in [6.07, 6.45) is 1.36. The van der Waals surface area contributed by atoms with E-state index in [9.17, 15) is 9.18 Å². The predicted octanol–water partition coefficient (Wildman–Crippen LogP) is 0.969. The molecule has 1 rings (SSSR count). The third kappa shape index (κ3) is 3.27. The molecule has 5 heteroatoms. The molecular weight excluding hydrogens is 211 g/mol. The van der Waals surface area contributed by atoms with Gasteiger partial charge in [-0.1, -0.05) is 13.8 Å². The van der Waals surface area contributed by atoms with Crippen LogP contribution in [0.1, 0.15) is 24.3 Å². The van der Waals surface area contributed by atoms with Crippen LogP contribution >= 0.6 is 0 Å². The highest BCUT2D eigenvalue weighted by Gasteiger charge is 2.19. The number of rotatable bonds is 4. The number of carbonyl (C=O) groups excluding carboxylic acids is 1. The topological polar surface area (TPSA) is 62.2 Å². The summed E-state index contributed by atoms with van der Waals surface area (Å²) in [5.41, 5.74) is -0.655. The van der Waals surface area contributed by atoms with Crippen molar-refractivity contribution in [3.8, 4) is 0 Å². The highest BCUT2D eigenvalue weighted by atomic mass is 19.1. The number of aliphatic hydroxyl groups is 1. The minimum Gasteiger partial charge on any atom is -0.396 e. The molecular formula is C11H15FN2O2. The van der Waals surface area contributed by atoms with Crippen molar-refractivity contribution in [3.63, 3.8) is 0 Å². The number of amides is 1. The van der Waals surface area contributed by atoms with E-state index in [1.54, 1.807) is 13.8 Å². The molecule has 1 aromatic rings. The van der Waals surface area contributed by atoms with Crippen molar-refractivity contribution in [3.05, 3.63) is 29.8 Å². The van der Waals surface area contributed by atoms with Crippen molar-refractivity contribution in [2.75, 3.05) is 13.2 Å². The second kappa shape index (κ2) is 5.03. The highest BCUT2D eigenvalue weighted by Crippen LogP contribution is 2.11. The van der Waals surface area contributed by atoms with E-state index in [4.69, 9.17) is 5.11 Å². The van der Waals surface area contributed by atoms with Gasteiger partial charge >= 0.3 is 0 Å². The quantitative estimate of drug-likeness (QED) is 0.804. The summed E-state index contributed by atoms with van der Waals surface area (Å²) in [4.78, 5) is 15.2. The van der Waals surface area contributed by atoms with Crippen LogP contribution in [0.3, 0.4) is 0 Å². The smallest absolute Gasteiger partial charge is 0.272 e. The minimum atomic E-state index is -0.651. The van der Waals surface area contributed by atoms with Gasteiger partial charge in [-0.2, -0.15) is 0 Å². The zero-order valence-electron chi connectivity index (χ0n) is 9.33. The molecule has 0 fully saturated rings. The molecule has 0 unspecified atom stereocenters. The first-order valence-corrected chi connectivity index (χ1v) is 4.96. The van der Waals surface area contributed by atoms with Crippen LogP contribution in [0.2, 0.25) is 0 Å². The Hall–Kier alpha value is -1.49. The number of nitrogens with zero attached hydrogens (tertiary/aromatic N) is 1. The predicted molar refractivity (Wildman–Crippen MR) is 57.4 cm³/mol. The van der Waals surface area contributed by atoms with Crippen molar-refractivity contribution in [1.82, 2.24) is 10.3 Å². The van der Waals surface area contributed by atoms with E-state index in [0.29, 0.717) is 0 Å². The maximum atomic E-state index is 13.2. The molecule has 4 nitrogen and oxygen atoms in total. The Kier molecular flexibility index (Phi) is 3.95. The van der Waals surface area contributed by atoms with E-state index in [1.165, 1.54) is 18.3 Å². The Morgan fingerprint density at radius 3 is 2.88 bits per heavy atom. The molecule has 0 saturated carbocycles. The van der Waals surface area contributed by atoms with E-state index in [2.05, 4.69) is 10.3 Å². The fraction of sp³-hybridized carbons (Fsp3) is 0.455. The number of nitrogens with one attached hydrogen (secondary N) is 1. The molecule has 1 aromatic heterocycles. The summed E-state index contributed by atoms with van der Waals surface area (Å²) >= 11 is 0. The third-order valence-electron chi connectivity index (χ3n) is 2.13. The second-order valence-corrected chi connectivity index (χ2v) is 4.34. The lowest BCUT2D eigenvalue weighted by atomic mass is 9.95. The van der Waals surface area contributed by atoms with Crippen LogP contribution < -0.4 is 5.32 Å². The fourth-order valence-electron chi connectivity index (χ4n) is 1.01. The summed E-state index contributed by atoms with van der Waals surface area (Å²) < 4.78 is 13.2. The van der Waals surface area contributed by atoms with E-state index < -0.39 is 17.1 Å². The van der Waals surface area contributed by atoms with Crippen LogP contribution in [0.4, 0.5) is 4.39 Å². The molecule has 0 aliphatic carbocycles. The number of carbonyl (C=O) groups is 1. The number of hydrogen-bond acceptors (Lipinski definition) is 3. The SMILES string of the molecule is CC(C)(CO)CNC(=O)c1ncccc1F. The van der Waals surface area contributed by atoms with Crippen LogP contribution in [0, 0.1) is 11.2 Å². The molecule has 0 aliphatic rings. The van der Waals surface area contributed by atoms with Crippen molar-refractivity contribution < 1.29 is 14.3 Å². The van der Waals surface area contributed by atoms with E-state index in [1.807, 2.05) is 0 Å². The van der Waals surface area contributed by atoms with Gasteiger partial charge in [-0.05, 0) is 12.1 Å². The van der Waals surface area contributed by atoms with Crippen molar-refractivity contribution in [1.29, 1.82) is 0 Å². The first-order chi connectivity index (χ1) is 7.46. The Morgan fingerprint density at radius 2 is 2.31 bits per heavy atom. The zero-order valence-corrected chi connectivity index (χ0v) is 9.33. The summed E-state index contributed by atoms with van der Waals surface area (Å²) in [6.45, 7) is 3.79. The Morgan fingerprint density at radius 1 is 1.62 bits per heavy atom. The minimum absolute atomic E-state index is 0.0576. The third-order valence-corrected chi connectivity index (χ3v) is 2.13. The molecule has 0 aromatic carbocycles. The fourth-order valence-corrected chi connectivity index (χ4v) is 1.01. The molecule has 0 atom stereocenters. The molecule has 0 aliphatic heterocycles. The van der Waals surface area contributed by atoms with Gasteiger partial charge in [-0.25, -0.2) is 9.37 Å². The van der Waals surface area contributed by atoms with Crippen LogP contribution in [0.15, 0.2) is 18.3 Å². The van der Waals surface area contributed by atoms with Gasteiger partial charge in [-0.15, -0.1) is 0 Å². The normalized spacial score (nSPS) is 11.2. The highest BCUT2D eigenvalue weighted by molar-refractivity contribution is 5.92. The average Bonchev–Trinajstić information content (AvgIpc) is 2.27. The van der Waals surface area contributed by atoms with Crippen molar-refractivity contribution >= 4 is 5.91 Å². The maximum absolute atomic E-state index is 13.2. The lowest BCUT2D eigenvalue weighted by Crippen LogP contribution is -2.36. The summed E-state index contributed by atoms with van der Waals surface area (Å²) in [6, 6.07) is 2.60. The number of halogens is 1. The second-order valence-electron chi connectivity index (χ2n) is 4.34. The Labute approximate surface area is 93.5 Å². The number of aromatic nitrogens is 1. The first-order valence-electron chi connectivity index (χ1n) is 4.96. The van der Waals surface area contributed by atoms with Crippen molar-refractivity contribution in [2.45, 2.75) is 13.8 Å². The van der Waals surface area contributed by atoms with Gasteiger partial charge in [0.15, 0.2) is 11.5 Å². The zero-order chi connectivity index (χ0) is 12.2. The van der Waals surface area contributed by atoms with Crippen LogP contribution in [-0.2, 0) is 0 Å². The van der Waals surface area contributed by atoms with Gasteiger partial charge < -0.3 is 10.4 Å². The Bertz CT molecular complexity index is 380. The van der Waals surface area contributed by atoms with Gasteiger partial charge in [-0.3, -0.25) is 4.79 Å². The number of aliphatic hydroxyl groups excluding tert-OH is 1. The summed E-state index contributed by atoms with van der Waals surface area (Å²) in [5, 5.41) is 11.5. The largest absolute Gasteiger partial charge is 0.396 e. The number of hydrogen-bond donors (Lipinski definition) is 2. The summed E-state index contributed by atoms with van der Waals surface area (Å²) in [5.74, 6) is -1.22. The van der Waals surface area contributed by atoms with E-state index in [0.717, 1.165) is 0 Å². The van der Waals surface area contributed by atoms with Gasteiger partial charge in [0, 0.05) is 24.8 Å². The van der Waals surface area contributed by atoms with Crippen LogP contribution in [-0.4, -0.2) is 29.1 Å². The van der Waals surface area contributed by atoms with Gasteiger partial charge in [0.1, 0.15) is 0 Å². The standard InChI is InChI=1S/C11H15FN2O2/c1-11(2,7-15)6-14-10(16)9-8(12)4-3-5-13-9/h3-5,15H,6-7H2,1-2H3,(H,14,16). The molecule has 0 radical (unpaired) electrons. The Balaban J connectivity index is 2.64. The monoisotopic (exact) mass is 226 g/mol. The van der Waals surface area contributed by atoms with Crippen molar-refractivity contribution in [2.24, 2.45) is 5.41 Å². The van der Waals surface area contributed by atoms with Gasteiger partial charge in [0.25, 0.3) is 5.91 Å². The molecule has 0 spiro atoms. The van der Waals surface area contributed by atoms with E-state index in [-0.39, 0.29) is 18.8 Å². The molecule has 88 valence electrons. The first kappa shape index (κ1) is 12.6. The average molecular weight is 226 g/mol. The molecule has 1 heterocycles. The molecule has 0 saturated heterocycles. The lowest BCUT2D eigenvalue weighted by Gasteiger charge is -2.21. The molecule has 0 bridgehead atoms. The van der Waals surface area contributed by atoms with Gasteiger partial charge in [0.2, 0.25) is 0 Å². The maximum Gasteiger partial charge on any atom is 0.272 e. The van der Waals surface area contributed by atoms with Gasteiger partial charge in [0.05, 0.1) is 0 Å². The molecule has 16 heavy (non-hydrogen) atoms. The lowest BCUT2D eigenvalue weighted by molar-refractivity contribution is 0.0901.